The summed E-state index contributed by atoms with van der Waals surface area (Å²) < 4.78 is 5.34. The molecule has 0 bridgehead atoms. The highest BCUT2D eigenvalue weighted by Crippen LogP contribution is 2.21. The molecule has 1 fully saturated rings. The van der Waals surface area contributed by atoms with Gasteiger partial charge in [-0.25, -0.2) is 4.98 Å². The van der Waals surface area contributed by atoms with Crippen LogP contribution in [-0.2, 0) is 4.74 Å². The third-order valence-corrected chi connectivity index (χ3v) is 3.41. The van der Waals surface area contributed by atoms with E-state index < -0.39 is 0 Å². The Balaban J connectivity index is 2.10. The minimum atomic E-state index is -0.0515. The van der Waals surface area contributed by atoms with Crippen LogP contribution in [0.2, 0.25) is 0 Å². The number of hydrogen-bond acceptors (Lipinski definition) is 4. The van der Waals surface area contributed by atoms with E-state index in [9.17, 15) is 4.79 Å². The number of carbonyl (C=O) groups excluding carboxylic acids is 1. The molecular formula is C13H19N3O2. The molecule has 1 saturated heterocycles. The smallest absolute Gasteiger partial charge is 0.272 e. The van der Waals surface area contributed by atoms with Crippen molar-refractivity contribution in [1.29, 1.82) is 0 Å². The summed E-state index contributed by atoms with van der Waals surface area (Å²) in [6.07, 6.45) is 1.98. The van der Waals surface area contributed by atoms with Gasteiger partial charge in [-0.2, -0.15) is 0 Å². The molecule has 2 heterocycles. The van der Waals surface area contributed by atoms with Crippen molar-refractivity contribution in [2.45, 2.75) is 31.9 Å². The number of carbonyl (C=O) groups is 1. The number of pyridine rings is 1. The number of anilines is 1. The standard InChI is InChI=1S/C13H19N3O2/c1-9-8-10(18-2)6-7-16(9)13(17)11-4-3-5-12(14)15-11/h3-5,9-10H,6-8H2,1-2H3,(H2,14,15). The molecule has 5 heteroatoms. The zero-order valence-corrected chi connectivity index (χ0v) is 10.8. The van der Waals surface area contributed by atoms with Gasteiger partial charge in [0.05, 0.1) is 6.10 Å². The second-order valence-electron chi connectivity index (χ2n) is 4.68. The number of hydrogen-bond donors (Lipinski definition) is 1. The zero-order chi connectivity index (χ0) is 13.1. The molecule has 0 spiro atoms. The summed E-state index contributed by atoms with van der Waals surface area (Å²) in [6, 6.07) is 5.30. The van der Waals surface area contributed by atoms with E-state index in [0.717, 1.165) is 12.8 Å². The number of rotatable bonds is 2. The number of ether oxygens (including phenoxy) is 1. The monoisotopic (exact) mass is 249 g/mol. The summed E-state index contributed by atoms with van der Waals surface area (Å²) in [6.45, 7) is 2.74. The van der Waals surface area contributed by atoms with Gasteiger partial charge < -0.3 is 15.4 Å². The molecule has 1 aliphatic rings. The Hall–Kier alpha value is -1.62. The minimum Gasteiger partial charge on any atom is -0.384 e. The molecule has 2 unspecified atom stereocenters. The van der Waals surface area contributed by atoms with Crippen molar-refractivity contribution in [3.63, 3.8) is 0 Å². The predicted octanol–water partition coefficient (Wildman–Crippen LogP) is 1.30. The van der Waals surface area contributed by atoms with Crippen molar-refractivity contribution in [3.05, 3.63) is 23.9 Å². The average Bonchev–Trinajstić information content (AvgIpc) is 2.37. The first-order valence-electron chi connectivity index (χ1n) is 6.18. The highest BCUT2D eigenvalue weighted by molar-refractivity contribution is 5.92. The number of nitrogens with two attached hydrogens (primary N) is 1. The minimum absolute atomic E-state index is 0.0515. The van der Waals surface area contributed by atoms with Crippen LogP contribution >= 0.6 is 0 Å². The van der Waals surface area contributed by atoms with Crippen molar-refractivity contribution >= 4 is 11.7 Å². The molecular weight excluding hydrogens is 230 g/mol. The van der Waals surface area contributed by atoms with Gasteiger partial charge >= 0.3 is 0 Å². The Kier molecular flexibility index (Phi) is 3.81. The molecule has 5 nitrogen and oxygen atoms in total. The maximum absolute atomic E-state index is 12.3. The molecule has 1 aliphatic heterocycles. The van der Waals surface area contributed by atoms with Gasteiger partial charge in [-0.15, -0.1) is 0 Å². The van der Waals surface area contributed by atoms with Gasteiger partial charge in [0, 0.05) is 19.7 Å². The first kappa shape index (κ1) is 12.8. The van der Waals surface area contributed by atoms with E-state index in [0.29, 0.717) is 18.1 Å². The van der Waals surface area contributed by atoms with Crippen LogP contribution in [0.1, 0.15) is 30.3 Å². The van der Waals surface area contributed by atoms with E-state index >= 15 is 0 Å². The van der Waals surface area contributed by atoms with Crippen LogP contribution in [-0.4, -0.2) is 41.6 Å². The summed E-state index contributed by atoms with van der Waals surface area (Å²) in [7, 11) is 1.72. The van der Waals surface area contributed by atoms with Crippen molar-refractivity contribution < 1.29 is 9.53 Å². The molecule has 0 radical (unpaired) electrons. The van der Waals surface area contributed by atoms with Gasteiger partial charge in [-0.05, 0) is 31.9 Å². The Labute approximate surface area is 107 Å². The molecule has 2 N–H and O–H groups in total. The highest BCUT2D eigenvalue weighted by atomic mass is 16.5. The average molecular weight is 249 g/mol. The van der Waals surface area contributed by atoms with E-state index in [2.05, 4.69) is 4.98 Å². The molecule has 2 rings (SSSR count). The second-order valence-corrected chi connectivity index (χ2v) is 4.68. The lowest BCUT2D eigenvalue weighted by atomic mass is 10.00. The molecule has 0 aromatic carbocycles. The number of aromatic nitrogens is 1. The van der Waals surface area contributed by atoms with Crippen LogP contribution in [0.4, 0.5) is 5.82 Å². The maximum atomic E-state index is 12.3. The number of methoxy groups -OCH3 is 1. The van der Waals surface area contributed by atoms with Crippen molar-refractivity contribution in [1.82, 2.24) is 9.88 Å². The summed E-state index contributed by atoms with van der Waals surface area (Å²) in [5.74, 6) is 0.324. The predicted molar refractivity (Wildman–Crippen MR) is 69.2 cm³/mol. The van der Waals surface area contributed by atoms with Crippen LogP contribution < -0.4 is 5.73 Å². The third kappa shape index (κ3) is 2.61. The lowest BCUT2D eigenvalue weighted by molar-refractivity contribution is 0.0157. The Morgan fingerprint density at radius 2 is 2.33 bits per heavy atom. The molecule has 1 amide bonds. The van der Waals surface area contributed by atoms with Crippen molar-refractivity contribution in [2.24, 2.45) is 0 Å². The lowest BCUT2D eigenvalue weighted by Crippen LogP contribution is -2.46. The lowest BCUT2D eigenvalue weighted by Gasteiger charge is -2.36. The summed E-state index contributed by atoms with van der Waals surface area (Å²) in [5.41, 5.74) is 6.02. The first-order valence-corrected chi connectivity index (χ1v) is 6.18. The third-order valence-electron chi connectivity index (χ3n) is 3.41. The Morgan fingerprint density at radius 3 is 2.94 bits per heavy atom. The van der Waals surface area contributed by atoms with Gasteiger partial charge in [0.1, 0.15) is 11.5 Å². The molecule has 18 heavy (non-hydrogen) atoms. The van der Waals surface area contributed by atoms with Crippen LogP contribution in [0.5, 0.6) is 0 Å². The first-order chi connectivity index (χ1) is 8.61. The van der Waals surface area contributed by atoms with E-state index in [-0.39, 0.29) is 18.1 Å². The summed E-state index contributed by atoms with van der Waals surface area (Å²) >= 11 is 0. The topological polar surface area (TPSA) is 68.5 Å². The van der Waals surface area contributed by atoms with E-state index in [1.807, 2.05) is 11.8 Å². The van der Waals surface area contributed by atoms with Crippen LogP contribution in [0.15, 0.2) is 18.2 Å². The number of nitrogen functional groups attached to an aromatic ring is 1. The molecule has 98 valence electrons. The summed E-state index contributed by atoms with van der Waals surface area (Å²) in [5, 5.41) is 0. The number of piperidine rings is 1. The largest absolute Gasteiger partial charge is 0.384 e. The van der Waals surface area contributed by atoms with E-state index in [1.54, 1.807) is 25.3 Å². The Bertz CT molecular complexity index is 436. The number of amides is 1. The molecule has 0 aliphatic carbocycles. The fraction of sp³-hybridized carbons (Fsp3) is 0.538. The van der Waals surface area contributed by atoms with Gasteiger partial charge in [0.2, 0.25) is 0 Å². The summed E-state index contributed by atoms with van der Waals surface area (Å²) in [4.78, 5) is 18.2. The van der Waals surface area contributed by atoms with Crippen LogP contribution in [0.25, 0.3) is 0 Å². The SMILES string of the molecule is COC1CCN(C(=O)c2cccc(N)n2)C(C)C1. The molecule has 0 saturated carbocycles. The van der Waals surface area contributed by atoms with Gasteiger partial charge in [0.15, 0.2) is 0 Å². The molecule has 2 atom stereocenters. The van der Waals surface area contributed by atoms with Crippen molar-refractivity contribution in [3.8, 4) is 0 Å². The van der Waals surface area contributed by atoms with E-state index in [1.165, 1.54) is 0 Å². The zero-order valence-electron chi connectivity index (χ0n) is 10.8. The molecule has 1 aromatic rings. The fourth-order valence-electron chi connectivity index (χ4n) is 2.36. The number of nitrogens with zero attached hydrogens (tertiary/aromatic N) is 2. The van der Waals surface area contributed by atoms with Crippen molar-refractivity contribution in [2.75, 3.05) is 19.4 Å². The van der Waals surface area contributed by atoms with Gasteiger partial charge in [-0.1, -0.05) is 6.07 Å². The highest BCUT2D eigenvalue weighted by Gasteiger charge is 2.29. The quantitative estimate of drug-likeness (QED) is 0.858. The van der Waals surface area contributed by atoms with Crippen LogP contribution in [0.3, 0.4) is 0 Å². The van der Waals surface area contributed by atoms with E-state index in [4.69, 9.17) is 10.5 Å². The fourth-order valence-corrected chi connectivity index (χ4v) is 2.36. The van der Waals surface area contributed by atoms with Gasteiger partial charge in [0.25, 0.3) is 5.91 Å². The number of likely N-dealkylation sites (tertiary alicyclic amines) is 1. The normalized spacial score (nSPS) is 24.0. The van der Waals surface area contributed by atoms with Gasteiger partial charge in [-0.3, -0.25) is 4.79 Å². The molecule has 1 aromatic heterocycles. The maximum Gasteiger partial charge on any atom is 0.272 e. The van der Waals surface area contributed by atoms with Crippen LogP contribution in [0, 0.1) is 0 Å². The second kappa shape index (κ2) is 5.35. The Morgan fingerprint density at radius 1 is 1.56 bits per heavy atom.